The summed E-state index contributed by atoms with van der Waals surface area (Å²) in [6.45, 7) is 2.23. The Bertz CT molecular complexity index is 410. The molecule has 74 valence electrons. The number of benzene rings is 1. The second-order valence-electron chi connectivity index (χ2n) is 3.68. The Labute approximate surface area is 82.5 Å². The molecule has 0 unspecified atom stereocenters. The molecular weight excluding hydrogens is 178 g/mol. The van der Waals surface area contributed by atoms with E-state index in [0.29, 0.717) is 17.5 Å². The number of carbonyl (C=O) groups is 1. The van der Waals surface area contributed by atoms with Crippen LogP contribution in [0.3, 0.4) is 0 Å². The summed E-state index contributed by atoms with van der Waals surface area (Å²) in [5, 5.41) is 9.80. The first kappa shape index (κ1) is 9.21. The number of fused-ring (bicyclic) bond motifs is 1. The fraction of sp³-hybridized carbons (Fsp3) is 0.364. The maximum atomic E-state index is 11.5. The second kappa shape index (κ2) is 3.10. The van der Waals surface area contributed by atoms with Gasteiger partial charge in [0.15, 0.2) is 5.78 Å². The number of hydrogen-bond donors (Lipinski definition) is 2. The van der Waals surface area contributed by atoms with E-state index in [9.17, 15) is 9.90 Å². The van der Waals surface area contributed by atoms with E-state index in [1.54, 1.807) is 0 Å². The number of aryl methyl sites for hydroxylation is 1. The van der Waals surface area contributed by atoms with Crippen molar-refractivity contribution >= 4 is 5.78 Å². The Kier molecular flexibility index (Phi) is 2.04. The molecule has 3 N–H and O–H groups in total. The summed E-state index contributed by atoms with van der Waals surface area (Å²) >= 11 is 0. The summed E-state index contributed by atoms with van der Waals surface area (Å²) in [5.41, 5.74) is 8.71. The molecule has 0 spiro atoms. The minimum atomic E-state index is 0.0379. The van der Waals surface area contributed by atoms with Crippen molar-refractivity contribution in [3.05, 3.63) is 28.3 Å². The first-order valence-corrected chi connectivity index (χ1v) is 4.72. The highest BCUT2D eigenvalue weighted by Crippen LogP contribution is 2.34. The summed E-state index contributed by atoms with van der Waals surface area (Å²) in [6.07, 6.45) is 1.26. The lowest BCUT2D eigenvalue weighted by Crippen LogP contribution is -2.02. The zero-order valence-electron chi connectivity index (χ0n) is 8.13. The van der Waals surface area contributed by atoms with Crippen LogP contribution >= 0.6 is 0 Å². The summed E-state index contributed by atoms with van der Waals surface area (Å²) in [4.78, 5) is 11.5. The molecule has 0 radical (unpaired) electrons. The van der Waals surface area contributed by atoms with E-state index in [-0.39, 0.29) is 18.1 Å². The van der Waals surface area contributed by atoms with Crippen LogP contribution in [0.5, 0.6) is 5.75 Å². The van der Waals surface area contributed by atoms with Gasteiger partial charge < -0.3 is 10.8 Å². The summed E-state index contributed by atoms with van der Waals surface area (Å²) < 4.78 is 0. The monoisotopic (exact) mass is 191 g/mol. The highest BCUT2D eigenvalue weighted by Gasteiger charge is 2.26. The first-order valence-electron chi connectivity index (χ1n) is 4.72. The molecule has 0 aromatic heterocycles. The average molecular weight is 191 g/mol. The number of aromatic hydroxyl groups is 1. The van der Waals surface area contributed by atoms with E-state index in [2.05, 4.69) is 0 Å². The quantitative estimate of drug-likeness (QED) is 0.703. The molecule has 1 aliphatic rings. The predicted octanol–water partition coefficient (Wildman–Crippen LogP) is 1.29. The lowest BCUT2D eigenvalue weighted by Gasteiger charge is -2.09. The molecular formula is C11H13NO2. The number of phenolic OH excluding ortho intramolecular Hbond substituents is 1. The Morgan fingerprint density at radius 2 is 2.21 bits per heavy atom. The Balaban J connectivity index is 2.71. The zero-order chi connectivity index (χ0) is 10.3. The Morgan fingerprint density at radius 3 is 2.86 bits per heavy atom. The van der Waals surface area contributed by atoms with Crippen molar-refractivity contribution in [2.75, 3.05) is 0 Å². The lowest BCUT2D eigenvalue weighted by molar-refractivity contribution is 0.0992. The molecule has 1 aromatic rings. The topological polar surface area (TPSA) is 63.3 Å². The van der Waals surface area contributed by atoms with E-state index in [1.807, 2.05) is 13.0 Å². The van der Waals surface area contributed by atoms with Crippen LogP contribution < -0.4 is 5.73 Å². The van der Waals surface area contributed by atoms with Crippen molar-refractivity contribution in [3.8, 4) is 5.75 Å². The van der Waals surface area contributed by atoms with Gasteiger partial charge in [-0.25, -0.2) is 0 Å². The van der Waals surface area contributed by atoms with Crippen LogP contribution in [0, 0.1) is 6.92 Å². The van der Waals surface area contributed by atoms with E-state index in [4.69, 9.17) is 5.73 Å². The molecule has 3 nitrogen and oxygen atoms in total. The largest absolute Gasteiger partial charge is 0.507 e. The number of ketones is 1. The van der Waals surface area contributed by atoms with E-state index >= 15 is 0 Å². The molecule has 0 saturated heterocycles. The molecule has 1 aromatic carbocycles. The van der Waals surface area contributed by atoms with Crippen LogP contribution in [-0.2, 0) is 13.0 Å². The molecule has 0 saturated carbocycles. The van der Waals surface area contributed by atoms with Crippen LogP contribution in [0.25, 0.3) is 0 Å². The Morgan fingerprint density at radius 1 is 1.50 bits per heavy atom. The third-order valence-corrected chi connectivity index (χ3v) is 2.81. The van der Waals surface area contributed by atoms with Crippen LogP contribution in [-0.4, -0.2) is 10.9 Å². The molecule has 2 rings (SSSR count). The smallest absolute Gasteiger partial charge is 0.167 e. The minimum absolute atomic E-state index is 0.0379. The second-order valence-corrected chi connectivity index (χ2v) is 3.68. The molecule has 0 heterocycles. The third kappa shape index (κ3) is 1.13. The van der Waals surface area contributed by atoms with Crippen LogP contribution in [0.15, 0.2) is 6.07 Å². The van der Waals surface area contributed by atoms with Gasteiger partial charge in [-0.1, -0.05) is 6.07 Å². The van der Waals surface area contributed by atoms with E-state index < -0.39 is 0 Å². The number of phenols is 1. The SMILES string of the molecule is Cc1cc(CN)c(O)c2c1CCC2=O. The fourth-order valence-electron chi connectivity index (χ4n) is 2.06. The van der Waals surface area contributed by atoms with Crippen molar-refractivity contribution in [2.24, 2.45) is 5.73 Å². The minimum Gasteiger partial charge on any atom is -0.507 e. The molecule has 0 bridgehead atoms. The summed E-state index contributed by atoms with van der Waals surface area (Å²) in [7, 11) is 0. The lowest BCUT2D eigenvalue weighted by atomic mass is 9.99. The fourth-order valence-corrected chi connectivity index (χ4v) is 2.06. The van der Waals surface area contributed by atoms with Crippen molar-refractivity contribution in [3.63, 3.8) is 0 Å². The van der Waals surface area contributed by atoms with Gasteiger partial charge >= 0.3 is 0 Å². The highest BCUT2D eigenvalue weighted by atomic mass is 16.3. The van der Waals surface area contributed by atoms with E-state index in [1.165, 1.54) is 0 Å². The standard InChI is InChI=1S/C11H13NO2/c1-6-4-7(5-12)11(14)10-8(6)2-3-9(10)13/h4,14H,2-3,5,12H2,1H3. The zero-order valence-corrected chi connectivity index (χ0v) is 8.13. The number of nitrogens with two attached hydrogens (primary N) is 1. The molecule has 0 fully saturated rings. The first-order chi connectivity index (χ1) is 6.65. The number of Topliss-reactive ketones (excluding diaryl/α,β-unsaturated/α-hetero) is 1. The van der Waals surface area contributed by atoms with Gasteiger partial charge in [0.25, 0.3) is 0 Å². The predicted molar refractivity (Wildman–Crippen MR) is 53.4 cm³/mol. The van der Waals surface area contributed by atoms with Gasteiger partial charge in [-0.3, -0.25) is 4.79 Å². The van der Waals surface area contributed by atoms with Gasteiger partial charge in [-0.2, -0.15) is 0 Å². The van der Waals surface area contributed by atoms with Crippen LogP contribution in [0.4, 0.5) is 0 Å². The Hall–Kier alpha value is -1.35. The van der Waals surface area contributed by atoms with Gasteiger partial charge in [-0.15, -0.1) is 0 Å². The molecule has 3 heteroatoms. The molecule has 0 atom stereocenters. The van der Waals surface area contributed by atoms with Gasteiger partial charge in [-0.05, 0) is 24.5 Å². The normalized spacial score (nSPS) is 14.6. The molecule has 14 heavy (non-hydrogen) atoms. The van der Waals surface area contributed by atoms with Crippen molar-refractivity contribution in [1.29, 1.82) is 0 Å². The van der Waals surface area contributed by atoms with Gasteiger partial charge in [0.1, 0.15) is 5.75 Å². The van der Waals surface area contributed by atoms with Gasteiger partial charge in [0.2, 0.25) is 0 Å². The number of rotatable bonds is 1. The van der Waals surface area contributed by atoms with Crippen molar-refractivity contribution in [2.45, 2.75) is 26.3 Å². The van der Waals surface area contributed by atoms with Crippen molar-refractivity contribution in [1.82, 2.24) is 0 Å². The summed E-state index contributed by atoms with van der Waals surface area (Å²) in [6, 6.07) is 1.87. The molecule has 1 aliphatic carbocycles. The highest BCUT2D eigenvalue weighted by molar-refractivity contribution is 6.03. The van der Waals surface area contributed by atoms with E-state index in [0.717, 1.165) is 17.5 Å². The molecule has 0 amide bonds. The number of carbonyl (C=O) groups excluding carboxylic acids is 1. The van der Waals surface area contributed by atoms with Crippen LogP contribution in [0.2, 0.25) is 0 Å². The van der Waals surface area contributed by atoms with Crippen LogP contribution in [0.1, 0.15) is 33.5 Å². The van der Waals surface area contributed by atoms with Crippen molar-refractivity contribution < 1.29 is 9.90 Å². The maximum absolute atomic E-state index is 11.5. The maximum Gasteiger partial charge on any atom is 0.167 e. The van der Waals surface area contributed by atoms with Gasteiger partial charge in [0, 0.05) is 18.5 Å². The third-order valence-electron chi connectivity index (χ3n) is 2.81. The summed E-state index contributed by atoms with van der Waals surface area (Å²) in [5.74, 6) is 0.131. The number of hydrogen-bond acceptors (Lipinski definition) is 3. The molecule has 0 aliphatic heterocycles. The van der Waals surface area contributed by atoms with Gasteiger partial charge in [0.05, 0.1) is 5.56 Å². The average Bonchev–Trinajstić information content (AvgIpc) is 2.54.